The van der Waals surface area contributed by atoms with E-state index in [4.69, 9.17) is 0 Å². The number of aldehydes is 1. The number of aryl methyl sites for hydroxylation is 2. The van der Waals surface area contributed by atoms with Crippen molar-refractivity contribution >= 4 is 6.29 Å². The minimum Gasteiger partial charge on any atom is -0.298 e. The number of H-pyrrole nitrogens is 1. The highest BCUT2D eigenvalue weighted by Crippen LogP contribution is 2.04. The molecule has 0 aliphatic rings. The van der Waals surface area contributed by atoms with E-state index < -0.39 is 0 Å². The Bertz CT molecular complexity index is 207. The Morgan fingerprint density at radius 2 is 2.22 bits per heavy atom. The van der Waals surface area contributed by atoms with E-state index in [9.17, 15) is 4.79 Å². The van der Waals surface area contributed by atoms with Crippen molar-refractivity contribution in [3.63, 3.8) is 0 Å². The van der Waals surface area contributed by atoms with Crippen LogP contribution >= 0.6 is 0 Å². The summed E-state index contributed by atoms with van der Waals surface area (Å²) < 4.78 is 0. The molecule has 0 unspecified atom stereocenters. The van der Waals surface area contributed by atoms with Crippen LogP contribution in [0.2, 0.25) is 0 Å². The quantitative estimate of drug-likeness (QED) is 0.564. The topological polar surface area (TPSA) is 45.8 Å². The molecule has 1 heterocycles. The lowest BCUT2D eigenvalue weighted by atomic mass is 10.2. The van der Waals surface area contributed by atoms with Crippen LogP contribution in [0.25, 0.3) is 0 Å². The van der Waals surface area contributed by atoms with E-state index in [2.05, 4.69) is 10.2 Å². The van der Waals surface area contributed by atoms with Gasteiger partial charge in [-0.25, -0.2) is 0 Å². The lowest BCUT2D eigenvalue weighted by molar-refractivity contribution is 0.112. The normalized spacial score (nSPS) is 9.56. The molecule has 0 amide bonds. The van der Waals surface area contributed by atoms with Gasteiger partial charge in [0, 0.05) is 5.69 Å². The van der Waals surface area contributed by atoms with Crippen LogP contribution in [0.15, 0.2) is 0 Å². The highest BCUT2D eigenvalue weighted by molar-refractivity contribution is 5.77. The van der Waals surface area contributed by atoms with E-state index in [1.165, 1.54) is 0 Å². The fourth-order valence-corrected chi connectivity index (χ4v) is 0.733. The molecule has 0 spiro atoms. The second-order valence-electron chi connectivity index (χ2n) is 1.97. The molecule has 1 N–H and O–H groups in total. The van der Waals surface area contributed by atoms with E-state index in [0.717, 1.165) is 17.7 Å². The van der Waals surface area contributed by atoms with Crippen molar-refractivity contribution in [1.29, 1.82) is 0 Å². The fourth-order valence-electron chi connectivity index (χ4n) is 0.733. The Kier molecular flexibility index (Phi) is 1.34. The van der Waals surface area contributed by atoms with E-state index in [1.54, 1.807) is 6.92 Å². The fraction of sp³-hybridized carbons (Fsp3) is 0.333. The average molecular weight is 124 g/mol. The number of rotatable bonds is 1. The van der Waals surface area contributed by atoms with Crippen LogP contribution in [0.3, 0.4) is 0 Å². The van der Waals surface area contributed by atoms with Gasteiger partial charge in [0.05, 0.1) is 11.3 Å². The molecule has 1 rings (SSSR count). The van der Waals surface area contributed by atoms with E-state index in [1.807, 2.05) is 6.92 Å². The van der Waals surface area contributed by atoms with Gasteiger partial charge < -0.3 is 0 Å². The Balaban J connectivity index is 3.22. The Morgan fingerprint density at radius 1 is 1.56 bits per heavy atom. The number of carbonyl (C=O) groups is 1. The number of carbonyl (C=O) groups excluding carboxylic acids is 1. The summed E-state index contributed by atoms with van der Waals surface area (Å²) in [6.07, 6.45) is 0.814. The third kappa shape index (κ3) is 0.850. The Morgan fingerprint density at radius 3 is 2.44 bits per heavy atom. The third-order valence-electron chi connectivity index (χ3n) is 1.30. The third-order valence-corrected chi connectivity index (χ3v) is 1.30. The molecule has 3 heteroatoms. The van der Waals surface area contributed by atoms with Crippen molar-refractivity contribution in [2.24, 2.45) is 0 Å². The van der Waals surface area contributed by atoms with Crippen LogP contribution in [0.4, 0.5) is 0 Å². The lowest BCUT2D eigenvalue weighted by Crippen LogP contribution is -1.82. The summed E-state index contributed by atoms with van der Waals surface area (Å²) in [5, 5.41) is 6.54. The highest BCUT2D eigenvalue weighted by Gasteiger charge is 2.01. The molecule has 48 valence electrons. The van der Waals surface area contributed by atoms with Crippen LogP contribution in [0, 0.1) is 13.8 Å². The van der Waals surface area contributed by atoms with Gasteiger partial charge in [0.15, 0.2) is 6.29 Å². The summed E-state index contributed by atoms with van der Waals surface area (Å²) in [6.45, 7) is 3.62. The van der Waals surface area contributed by atoms with Crippen molar-refractivity contribution in [3.8, 4) is 0 Å². The number of hydrogen-bond donors (Lipinski definition) is 1. The van der Waals surface area contributed by atoms with Gasteiger partial charge in [-0.15, -0.1) is 0 Å². The summed E-state index contributed by atoms with van der Waals surface area (Å²) in [4.78, 5) is 10.2. The van der Waals surface area contributed by atoms with Gasteiger partial charge in [-0.3, -0.25) is 9.89 Å². The van der Waals surface area contributed by atoms with Crippen molar-refractivity contribution in [3.05, 3.63) is 17.0 Å². The van der Waals surface area contributed by atoms with Gasteiger partial charge in [-0.05, 0) is 13.8 Å². The molecule has 0 aromatic carbocycles. The maximum absolute atomic E-state index is 10.2. The zero-order chi connectivity index (χ0) is 6.85. The second kappa shape index (κ2) is 2.01. The molecule has 0 bridgehead atoms. The SMILES string of the molecule is Cc1n[nH]c(C)c1C=O. The molecule has 1 aromatic heterocycles. The van der Waals surface area contributed by atoms with Gasteiger partial charge in [0.25, 0.3) is 0 Å². The molecule has 0 aliphatic heterocycles. The maximum atomic E-state index is 10.2. The van der Waals surface area contributed by atoms with Crippen LogP contribution in [0.5, 0.6) is 0 Å². The van der Waals surface area contributed by atoms with Crippen molar-refractivity contribution in [2.45, 2.75) is 13.8 Å². The molecular formula is C6H8N2O. The molecule has 9 heavy (non-hydrogen) atoms. The monoisotopic (exact) mass is 124 g/mol. The molecule has 3 nitrogen and oxygen atoms in total. The first-order chi connectivity index (χ1) is 4.25. The molecule has 1 aromatic rings. The number of nitrogens with zero attached hydrogens (tertiary/aromatic N) is 1. The predicted octanol–water partition coefficient (Wildman–Crippen LogP) is 0.839. The minimum atomic E-state index is 0.676. The number of nitrogens with one attached hydrogen (secondary N) is 1. The smallest absolute Gasteiger partial charge is 0.153 e. The van der Waals surface area contributed by atoms with Crippen LogP contribution < -0.4 is 0 Å². The molecule has 0 radical (unpaired) electrons. The van der Waals surface area contributed by atoms with E-state index in [-0.39, 0.29) is 0 Å². The molecule has 0 fully saturated rings. The average Bonchev–Trinajstić information content (AvgIpc) is 2.12. The summed E-state index contributed by atoms with van der Waals surface area (Å²) in [5.74, 6) is 0. The lowest BCUT2D eigenvalue weighted by Gasteiger charge is -1.82. The summed E-state index contributed by atoms with van der Waals surface area (Å²) in [6, 6.07) is 0. The maximum Gasteiger partial charge on any atom is 0.153 e. The molecule has 0 aliphatic carbocycles. The van der Waals surface area contributed by atoms with Crippen LogP contribution in [-0.2, 0) is 0 Å². The Labute approximate surface area is 53.1 Å². The number of aromatic nitrogens is 2. The van der Waals surface area contributed by atoms with Gasteiger partial charge in [-0.1, -0.05) is 0 Å². The van der Waals surface area contributed by atoms with Gasteiger partial charge in [-0.2, -0.15) is 5.10 Å². The highest BCUT2D eigenvalue weighted by atomic mass is 16.1. The van der Waals surface area contributed by atoms with E-state index in [0.29, 0.717) is 5.56 Å². The first-order valence-electron chi connectivity index (χ1n) is 2.72. The Hall–Kier alpha value is -1.12. The summed E-state index contributed by atoms with van der Waals surface area (Å²) in [5.41, 5.74) is 2.28. The minimum absolute atomic E-state index is 0.676. The first-order valence-corrected chi connectivity index (χ1v) is 2.72. The summed E-state index contributed by atoms with van der Waals surface area (Å²) in [7, 11) is 0. The first kappa shape index (κ1) is 6.01. The van der Waals surface area contributed by atoms with Gasteiger partial charge in [0.2, 0.25) is 0 Å². The zero-order valence-electron chi connectivity index (χ0n) is 5.43. The largest absolute Gasteiger partial charge is 0.298 e. The van der Waals surface area contributed by atoms with Crippen molar-refractivity contribution < 1.29 is 4.79 Å². The standard InChI is InChI=1S/C6H8N2O/c1-4-6(3-9)5(2)8-7-4/h3H,1-2H3,(H,7,8). The number of aromatic amines is 1. The molecular weight excluding hydrogens is 116 g/mol. The van der Waals surface area contributed by atoms with Crippen molar-refractivity contribution in [1.82, 2.24) is 10.2 Å². The number of hydrogen-bond acceptors (Lipinski definition) is 2. The second-order valence-corrected chi connectivity index (χ2v) is 1.97. The van der Waals surface area contributed by atoms with E-state index >= 15 is 0 Å². The van der Waals surface area contributed by atoms with Gasteiger partial charge in [0.1, 0.15) is 0 Å². The van der Waals surface area contributed by atoms with Crippen LogP contribution in [-0.4, -0.2) is 16.5 Å². The summed E-state index contributed by atoms with van der Waals surface area (Å²) >= 11 is 0. The van der Waals surface area contributed by atoms with Crippen molar-refractivity contribution in [2.75, 3.05) is 0 Å². The van der Waals surface area contributed by atoms with Gasteiger partial charge >= 0.3 is 0 Å². The molecule has 0 atom stereocenters. The zero-order valence-corrected chi connectivity index (χ0v) is 5.43. The molecule has 0 saturated carbocycles. The molecule has 0 saturated heterocycles. The van der Waals surface area contributed by atoms with Crippen LogP contribution in [0.1, 0.15) is 21.7 Å². The predicted molar refractivity (Wildman–Crippen MR) is 33.4 cm³/mol.